The highest BCUT2D eigenvalue weighted by molar-refractivity contribution is 6.02. The molecule has 2 bridgehead atoms. The molecule has 0 amide bonds. The first-order valence-electron chi connectivity index (χ1n) is 10.6. The Morgan fingerprint density at radius 3 is 2.69 bits per heavy atom. The zero-order chi connectivity index (χ0) is 20.4. The second kappa shape index (κ2) is 6.25. The maximum Gasteiger partial charge on any atom is 0.170 e. The van der Waals surface area contributed by atoms with Gasteiger partial charge in [-0.25, -0.2) is 0 Å². The summed E-state index contributed by atoms with van der Waals surface area (Å²) in [5.74, 6) is 1.82. The molecule has 1 fully saturated rings. The molecular formula is C25H28O4. The van der Waals surface area contributed by atoms with Gasteiger partial charge in [0.05, 0.1) is 0 Å². The Morgan fingerprint density at radius 2 is 1.93 bits per heavy atom. The van der Waals surface area contributed by atoms with E-state index in [1.54, 1.807) is 6.07 Å². The Balaban J connectivity index is 1.56. The van der Waals surface area contributed by atoms with E-state index >= 15 is 0 Å². The number of carbonyl (C=O) groups is 1. The molecule has 2 aromatic rings. The third kappa shape index (κ3) is 2.92. The van der Waals surface area contributed by atoms with E-state index in [1.165, 1.54) is 0 Å². The standard InChI is InChI=1S/C25H28O4/c1-24(2)17-11-12-25(3)14-16(17)21-20(28-25)13-19(27)22(23(21)29-24)18(26)10-9-15-7-5-4-6-8-15/h4-8,13,16-17,27H,9-12,14H2,1-3H3/t16-,17-,25+/m0/s1. The molecule has 152 valence electrons. The van der Waals surface area contributed by atoms with Crippen LogP contribution in [0.4, 0.5) is 0 Å². The van der Waals surface area contributed by atoms with Gasteiger partial charge in [-0.15, -0.1) is 0 Å². The second-order valence-electron chi connectivity index (χ2n) is 9.63. The first kappa shape index (κ1) is 18.5. The van der Waals surface area contributed by atoms with Gasteiger partial charge < -0.3 is 14.6 Å². The number of hydrogen-bond acceptors (Lipinski definition) is 4. The number of phenolic OH excluding ortho intramolecular Hbond substituents is 1. The van der Waals surface area contributed by atoms with Crippen LogP contribution in [0.25, 0.3) is 0 Å². The van der Waals surface area contributed by atoms with E-state index < -0.39 is 0 Å². The molecule has 1 saturated carbocycles. The molecule has 0 radical (unpaired) electrons. The van der Waals surface area contributed by atoms with Crippen molar-refractivity contribution in [3.8, 4) is 17.2 Å². The van der Waals surface area contributed by atoms with Crippen molar-refractivity contribution in [1.29, 1.82) is 0 Å². The SMILES string of the molecule is CC1(C)Oc2c(C(=O)CCc3ccccc3)c(O)cc3c2[C@H]2C[C@@](C)(CC[C@@H]21)O3. The van der Waals surface area contributed by atoms with Crippen LogP contribution in [-0.4, -0.2) is 22.1 Å². The predicted molar refractivity (Wildman–Crippen MR) is 111 cm³/mol. The van der Waals surface area contributed by atoms with Gasteiger partial charge in [-0.05, 0) is 52.0 Å². The molecule has 1 N–H and O–H groups in total. The minimum atomic E-state index is -0.379. The molecule has 2 aromatic carbocycles. The Kier molecular flexibility index (Phi) is 4.00. The summed E-state index contributed by atoms with van der Waals surface area (Å²) < 4.78 is 12.8. The average molecular weight is 392 g/mol. The monoisotopic (exact) mass is 392 g/mol. The van der Waals surface area contributed by atoms with Crippen LogP contribution in [-0.2, 0) is 6.42 Å². The molecule has 4 heteroatoms. The van der Waals surface area contributed by atoms with Crippen LogP contribution >= 0.6 is 0 Å². The number of phenols is 1. The van der Waals surface area contributed by atoms with E-state index in [4.69, 9.17) is 9.47 Å². The lowest BCUT2D eigenvalue weighted by atomic mass is 9.61. The van der Waals surface area contributed by atoms with E-state index in [-0.39, 0.29) is 22.7 Å². The summed E-state index contributed by atoms with van der Waals surface area (Å²) in [4.78, 5) is 13.2. The smallest absolute Gasteiger partial charge is 0.170 e. The van der Waals surface area contributed by atoms with Crippen LogP contribution in [0.5, 0.6) is 17.2 Å². The van der Waals surface area contributed by atoms with E-state index in [0.29, 0.717) is 41.7 Å². The van der Waals surface area contributed by atoms with Gasteiger partial charge in [-0.1, -0.05) is 30.3 Å². The summed E-state index contributed by atoms with van der Waals surface area (Å²) in [6, 6.07) is 11.6. The second-order valence-corrected chi connectivity index (χ2v) is 9.63. The summed E-state index contributed by atoms with van der Waals surface area (Å²) in [5.41, 5.74) is 1.84. The molecule has 4 nitrogen and oxygen atoms in total. The lowest BCUT2D eigenvalue weighted by molar-refractivity contribution is -0.0731. The summed E-state index contributed by atoms with van der Waals surface area (Å²) in [7, 11) is 0. The highest BCUT2D eigenvalue weighted by atomic mass is 16.5. The normalized spacial score (nSPS) is 28.2. The Bertz CT molecular complexity index is 978. The molecule has 0 spiro atoms. The first-order valence-corrected chi connectivity index (χ1v) is 10.6. The third-order valence-corrected chi connectivity index (χ3v) is 7.13. The van der Waals surface area contributed by atoms with Crippen molar-refractivity contribution in [3.05, 3.63) is 53.1 Å². The van der Waals surface area contributed by atoms with Crippen molar-refractivity contribution >= 4 is 5.78 Å². The molecule has 29 heavy (non-hydrogen) atoms. The van der Waals surface area contributed by atoms with Crippen molar-refractivity contribution in [2.24, 2.45) is 5.92 Å². The summed E-state index contributed by atoms with van der Waals surface area (Å²) in [6.07, 6.45) is 3.94. The third-order valence-electron chi connectivity index (χ3n) is 7.13. The molecule has 3 atom stereocenters. The topological polar surface area (TPSA) is 55.8 Å². The van der Waals surface area contributed by atoms with Crippen molar-refractivity contribution in [3.63, 3.8) is 0 Å². The Labute approximate surface area is 171 Å². The van der Waals surface area contributed by atoms with Crippen LogP contribution in [0.3, 0.4) is 0 Å². The van der Waals surface area contributed by atoms with Gasteiger partial charge in [0.25, 0.3) is 0 Å². The number of rotatable bonds is 4. The molecule has 1 aliphatic carbocycles. The molecular weight excluding hydrogens is 364 g/mol. The molecule has 0 unspecified atom stereocenters. The van der Waals surface area contributed by atoms with E-state index in [1.807, 2.05) is 30.3 Å². The van der Waals surface area contributed by atoms with Crippen LogP contribution in [0.1, 0.15) is 73.9 Å². The van der Waals surface area contributed by atoms with Crippen LogP contribution < -0.4 is 9.47 Å². The number of ketones is 1. The maximum atomic E-state index is 13.2. The number of aryl methyl sites for hydroxylation is 1. The van der Waals surface area contributed by atoms with Gasteiger partial charge in [0.15, 0.2) is 5.78 Å². The fourth-order valence-corrected chi connectivity index (χ4v) is 5.68. The molecule has 3 aliphatic rings. The number of ether oxygens (including phenoxy) is 2. The van der Waals surface area contributed by atoms with E-state index in [9.17, 15) is 9.90 Å². The lowest BCUT2D eigenvalue weighted by Crippen LogP contribution is -2.54. The van der Waals surface area contributed by atoms with Gasteiger partial charge in [-0.2, -0.15) is 0 Å². The predicted octanol–water partition coefficient (Wildman–Crippen LogP) is 5.41. The van der Waals surface area contributed by atoms with Crippen molar-refractivity contribution in [2.45, 2.75) is 70.0 Å². The molecule has 2 aliphatic heterocycles. The number of hydrogen-bond donors (Lipinski definition) is 1. The first-order chi connectivity index (χ1) is 13.8. The van der Waals surface area contributed by atoms with Crippen molar-refractivity contribution < 1.29 is 19.4 Å². The van der Waals surface area contributed by atoms with Gasteiger partial charge in [0.1, 0.15) is 34.0 Å². The number of aromatic hydroxyl groups is 1. The molecule has 0 saturated heterocycles. The highest BCUT2D eigenvalue weighted by Crippen LogP contribution is 2.62. The van der Waals surface area contributed by atoms with Crippen LogP contribution in [0.2, 0.25) is 0 Å². The molecule has 2 heterocycles. The van der Waals surface area contributed by atoms with Crippen molar-refractivity contribution in [2.75, 3.05) is 0 Å². The Morgan fingerprint density at radius 1 is 1.17 bits per heavy atom. The number of Topliss-reactive ketones (excluding diaryl/α,β-unsaturated/α-hetero) is 1. The summed E-state index contributed by atoms with van der Waals surface area (Å²) >= 11 is 0. The summed E-state index contributed by atoms with van der Waals surface area (Å²) in [5, 5.41) is 10.8. The fraction of sp³-hybridized carbons (Fsp3) is 0.480. The number of benzene rings is 2. The highest BCUT2D eigenvalue weighted by Gasteiger charge is 2.55. The van der Waals surface area contributed by atoms with Crippen molar-refractivity contribution in [1.82, 2.24) is 0 Å². The largest absolute Gasteiger partial charge is 0.507 e. The average Bonchev–Trinajstić information content (AvgIpc) is 2.65. The quantitative estimate of drug-likeness (QED) is 0.707. The van der Waals surface area contributed by atoms with Gasteiger partial charge >= 0.3 is 0 Å². The molecule has 5 rings (SSSR count). The maximum absolute atomic E-state index is 13.2. The van der Waals surface area contributed by atoms with Gasteiger partial charge in [0, 0.05) is 29.9 Å². The van der Waals surface area contributed by atoms with Gasteiger partial charge in [0.2, 0.25) is 0 Å². The van der Waals surface area contributed by atoms with Gasteiger partial charge in [-0.3, -0.25) is 4.79 Å². The minimum Gasteiger partial charge on any atom is -0.507 e. The fourth-order valence-electron chi connectivity index (χ4n) is 5.68. The van der Waals surface area contributed by atoms with E-state index in [0.717, 1.165) is 30.4 Å². The lowest BCUT2D eigenvalue weighted by Gasteiger charge is -2.55. The zero-order valence-corrected chi connectivity index (χ0v) is 17.3. The Hall–Kier alpha value is -2.49. The minimum absolute atomic E-state index is 0.0327. The van der Waals surface area contributed by atoms with E-state index in [2.05, 4.69) is 20.8 Å². The molecule has 0 aromatic heterocycles. The zero-order valence-electron chi connectivity index (χ0n) is 17.3. The number of fused-ring (bicyclic) bond motifs is 1. The summed E-state index contributed by atoms with van der Waals surface area (Å²) in [6.45, 7) is 6.38. The van der Waals surface area contributed by atoms with Crippen LogP contribution in [0, 0.1) is 5.92 Å². The van der Waals surface area contributed by atoms with Crippen LogP contribution in [0.15, 0.2) is 36.4 Å². The number of carbonyl (C=O) groups excluding carboxylic acids is 1.